The summed E-state index contributed by atoms with van der Waals surface area (Å²) in [6.07, 6.45) is 1.69. The zero-order valence-corrected chi connectivity index (χ0v) is 11.8. The molecular formula is C16H19FN2O. The van der Waals surface area contributed by atoms with Crippen molar-refractivity contribution in [3.05, 3.63) is 59.7 Å². The van der Waals surface area contributed by atoms with E-state index in [4.69, 9.17) is 4.74 Å². The van der Waals surface area contributed by atoms with Crippen LogP contribution >= 0.6 is 0 Å². The van der Waals surface area contributed by atoms with Gasteiger partial charge in [-0.2, -0.15) is 0 Å². The van der Waals surface area contributed by atoms with Crippen LogP contribution in [0.25, 0.3) is 0 Å². The standard InChI is InChI=1S/C16H19FN2O/c1-12(2)18-9-15-6-7-16(10-19-15)20-11-13-4-3-5-14(17)8-13/h3-8,10,12,18H,9,11H2,1-2H3. The average Bonchev–Trinajstić information content (AvgIpc) is 2.44. The van der Waals surface area contributed by atoms with Crippen molar-refractivity contribution >= 4 is 0 Å². The minimum atomic E-state index is -0.251. The SMILES string of the molecule is CC(C)NCc1ccc(OCc2cccc(F)c2)cn1. The molecule has 0 saturated heterocycles. The highest BCUT2D eigenvalue weighted by atomic mass is 19.1. The molecule has 106 valence electrons. The van der Waals surface area contributed by atoms with Crippen LogP contribution in [0.1, 0.15) is 25.1 Å². The maximum atomic E-state index is 13.0. The van der Waals surface area contributed by atoms with Crippen molar-refractivity contribution < 1.29 is 9.13 Å². The predicted molar refractivity (Wildman–Crippen MR) is 76.9 cm³/mol. The summed E-state index contributed by atoms with van der Waals surface area (Å²) in [6, 6.07) is 10.6. The van der Waals surface area contributed by atoms with E-state index in [1.54, 1.807) is 12.3 Å². The van der Waals surface area contributed by atoms with E-state index in [1.165, 1.54) is 12.1 Å². The van der Waals surface area contributed by atoms with Crippen molar-refractivity contribution in [3.63, 3.8) is 0 Å². The summed E-state index contributed by atoms with van der Waals surface area (Å²) < 4.78 is 18.6. The van der Waals surface area contributed by atoms with E-state index in [-0.39, 0.29) is 5.82 Å². The Hall–Kier alpha value is -1.94. The van der Waals surface area contributed by atoms with Gasteiger partial charge in [-0.05, 0) is 29.8 Å². The number of halogens is 1. The van der Waals surface area contributed by atoms with Gasteiger partial charge in [-0.25, -0.2) is 4.39 Å². The summed E-state index contributed by atoms with van der Waals surface area (Å²) in [5.41, 5.74) is 1.77. The Morgan fingerprint density at radius 1 is 1.25 bits per heavy atom. The number of hydrogen-bond donors (Lipinski definition) is 1. The Morgan fingerprint density at radius 3 is 2.75 bits per heavy atom. The van der Waals surface area contributed by atoms with Crippen LogP contribution in [0, 0.1) is 5.82 Å². The van der Waals surface area contributed by atoms with E-state index in [0.717, 1.165) is 17.8 Å². The zero-order valence-electron chi connectivity index (χ0n) is 11.8. The monoisotopic (exact) mass is 274 g/mol. The lowest BCUT2D eigenvalue weighted by atomic mass is 10.2. The van der Waals surface area contributed by atoms with E-state index >= 15 is 0 Å². The summed E-state index contributed by atoms with van der Waals surface area (Å²) in [5.74, 6) is 0.432. The molecule has 0 amide bonds. The van der Waals surface area contributed by atoms with Gasteiger partial charge < -0.3 is 10.1 Å². The molecule has 3 nitrogen and oxygen atoms in total. The van der Waals surface area contributed by atoms with E-state index in [2.05, 4.69) is 24.1 Å². The highest BCUT2D eigenvalue weighted by molar-refractivity contribution is 5.21. The first-order valence-corrected chi connectivity index (χ1v) is 6.69. The molecule has 0 aliphatic heterocycles. The van der Waals surface area contributed by atoms with Crippen molar-refractivity contribution in [1.82, 2.24) is 10.3 Å². The van der Waals surface area contributed by atoms with Crippen LogP contribution in [0.15, 0.2) is 42.6 Å². The normalized spacial score (nSPS) is 10.8. The van der Waals surface area contributed by atoms with Gasteiger partial charge in [0.25, 0.3) is 0 Å². The van der Waals surface area contributed by atoms with E-state index in [0.29, 0.717) is 18.4 Å². The van der Waals surface area contributed by atoms with Crippen LogP contribution < -0.4 is 10.1 Å². The third-order valence-corrected chi connectivity index (χ3v) is 2.78. The molecule has 4 heteroatoms. The average molecular weight is 274 g/mol. The van der Waals surface area contributed by atoms with Gasteiger partial charge in [0.1, 0.15) is 18.2 Å². The molecule has 1 aromatic carbocycles. The Bertz CT molecular complexity index is 540. The first-order valence-electron chi connectivity index (χ1n) is 6.69. The maximum Gasteiger partial charge on any atom is 0.138 e. The van der Waals surface area contributed by atoms with Gasteiger partial charge in [0.2, 0.25) is 0 Å². The lowest BCUT2D eigenvalue weighted by Crippen LogP contribution is -2.22. The molecule has 0 aliphatic rings. The van der Waals surface area contributed by atoms with Crippen LogP contribution in [0.3, 0.4) is 0 Å². The summed E-state index contributed by atoms with van der Waals surface area (Å²) in [5, 5.41) is 3.30. The predicted octanol–water partition coefficient (Wildman–Crippen LogP) is 3.30. The van der Waals surface area contributed by atoms with Crippen molar-refractivity contribution in [2.24, 2.45) is 0 Å². The van der Waals surface area contributed by atoms with Gasteiger partial charge in [-0.1, -0.05) is 26.0 Å². The van der Waals surface area contributed by atoms with Crippen molar-refractivity contribution in [2.75, 3.05) is 0 Å². The van der Waals surface area contributed by atoms with Gasteiger partial charge in [0.05, 0.1) is 11.9 Å². The highest BCUT2D eigenvalue weighted by Crippen LogP contribution is 2.12. The molecule has 2 rings (SSSR count). The van der Waals surface area contributed by atoms with Crippen LogP contribution in [-0.2, 0) is 13.2 Å². The Morgan fingerprint density at radius 2 is 2.10 bits per heavy atom. The van der Waals surface area contributed by atoms with Crippen LogP contribution in [-0.4, -0.2) is 11.0 Å². The third kappa shape index (κ3) is 4.63. The fourth-order valence-corrected chi connectivity index (χ4v) is 1.70. The minimum Gasteiger partial charge on any atom is -0.487 e. The summed E-state index contributed by atoms with van der Waals surface area (Å²) in [4.78, 5) is 4.32. The van der Waals surface area contributed by atoms with Crippen LogP contribution in [0.5, 0.6) is 5.75 Å². The number of pyridine rings is 1. The molecule has 1 aromatic heterocycles. The van der Waals surface area contributed by atoms with Crippen molar-refractivity contribution in [3.8, 4) is 5.75 Å². The zero-order chi connectivity index (χ0) is 14.4. The number of hydrogen-bond acceptors (Lipinski definition) is 3. The molecule has 0 saturated carbocycles. The molecule has 0 radical (unpaired) electrons. The largest absolute Gasteiger partial charge is 0.487 e. The Labute approximate surface area is 118 Å². The number of rotatable bonds is 6. The number of aromatic nitrogens is 1. The van der Waals surface area contributed by atoms with E-state index in [1.807, 2.05) is 18.2 Å². The summed E-state index contributed by atoms with van der Waals surface area (Å²) >= 11 is 0. The molecule has 1 heterocycles. The second-order valence-electron chi connectivity index (χ2n) is 4.94. The third-order valence-electron chi connectivity index (χ3n) is 2.78. The van der Waals surface area contributed by atoms with Crippen molar-refractivity contribution in [1.29, 1.82) is 0 Å². The van der Waals surface area contributed by atoms with Crippen LogP contribution in [0.2, 0.25) is 0 Å². The lowest BCUT2D eigenvalue weighted by molar-refractivity contribution is 0.304. The number of ether oxygens (including phenoxy) is 1. The van der Waals surface area contributed by atoms with E-state index < -0.39 is 0 Å². The molecular weight excluding hydrogens is 255 g/mol. The molecule has 0 unspecified atom stereocenters. The quantitative estimate of drug-likeness (QED) is 0.877. The molecule has 1 N–H and O–H groups in total. The van der Waals surface area contributed by atoms with Gasteiger partial charge in [-0.15, -0.1) is 0 Å². The topological polar surface area (TPSA) is 34.1 Å². The van der Waals surface area contributed by atoms with Gasteiger partial charge in [-0.3, -0.25) is 4.98 Å². The number of nitrogens with one attached hydrogen (secondary N) is 1. The fraction of sp³-hybridized carbons (Fsp3) is 0.312. The molecule has 0 aliphatic carbocycles. The second-order valence-corrected chi connectivity index (χ2v) is 4.94. The smallest absolute Gasteiger partial charge is 0.138 e. The molecule has 20 heavy (non-hydrogen) atoms. The van der Waals surface area contributed by atoms with Gasteiger partial charge >= 0.3 is 0 Å². The minimum absolute atomic E-state index is 0.251. The Balaban J connectivity index is 1.87. The van der Waals surface area contributed by atoms with Crippen LogP contribution in [0.4, 0.5) is 4.39 Å². The lowest BCUT2D eigenvalue weighted by Gasteiger charge is -2.09. The molecule has 0 fully saturated rings. The first kappa shape index (κ1) is 14.5. The molecule has 2 aromatic rings. The molecule has 0 bridgehead atoms. The molecule has 0 spiro atoms. The Kier molecular flexibility index (Phi) is 5.07. The van der Waals surface area contributed by atoms with Gasteiger partial charge in [0.15, 0.2) is 0 Å². The highest BCUT2D eigenvalue weighted by Gasteiger charge is 2.00. The summed E-state index contributed by atoms with van der Waals surface area (Å²) in [7, 11) is 0. The molecule has 0 atom stereocenters. The van der Waals surface area contributed by atoms with Gasteiger partial charge in [0, 0.05) is 12.6 Å². The van der Waals surface area contributed by atoms with Crippen molar-refractivity contribution in [2.45, 2.75) is 33.0 Å². The summed E-state index contributed by atoms with van der Waals surface area (Å²) in [6.45, 7) is 5.26. The maximum absolute atomic E-state index is 13.0. The number of benzene rings is 1. The second kappa shape index (κ2) is 7.01. The number of nitrogens with zero attached hydrogens (tertiary/aromatic N) is 1. The van der Waals surface area contributed by atoms with E-state index in [9.17, 15) is 4.39 Å². The fourth-order valence-electron chi connectivity index (χ4n) is 1.70. The first-order chi connectivity index (χ1) is 9.63.